The van der Waals surface area contributed by atoms with E-state index >= 15 is 0 Å². The van der Waals surface area contributed by atoms with Crippen LogP contribution in [0.4, 0.5) is 4.39 Å². The summed E-state index contributed by atoms with van der Waals surface area (Å²) in [6.45, 7) is 4.81. The van der Waals surface area contributed by atoms with Gasteiger partial charge in [-0.25, -0.2) is 4.39 Å². The highest BCUT2D eigenvalue weighted by Gasteiger charge is 2.28. The first-order valence-corrected chi connectivity index (χ1v) is 9.86. The minimum Gasteiger partial charge on any atom is -0.481 e. The van der Waals surface area contributed by atoms with E-state index in [1.165, 1.54) is 23.1 Å². The van der Waals surface area contributed by atoms with Crippen LogP contribution in [0, 0.1) is 5.82 Å². The van der Waals surface area contributed by atoms with Gasteiger partial charge in [0, 0.05) is 28.2 Å². The van der Waals surface area contributed by atoms with Crippen LogP contribution in [0.2, 0.25) is 10.0 Å². The fourth-order valence-corrected chi connectivity index (χ4v) is 3.14. The predicted molar refractivity (Wildman–Crippen MR) is 112 cm³/mol. The normalized spacial score (nSPS) is 11.8. The maximum absolute atomic E-state index is 13.8. The van der Waals surface area contributed by atoms with Crippen LogP contribution in [0.1, 0.15) is 26.3 Å². The first kappa shape index (κ1) is 23.0. The molecule has 0 aromatic heterocycles. The van der Waals surface area contributed by atoms with Crippen LogP contribution in [-0.2, 0) is 16.1 Å². The Balaban J connectivity index is 2.24. The molecule has 0 heterocycles. The highest BCUT2D eigenvalue weighted by Crippen LogP contribution is 2.26. The van der Waals surface area contributed by atoms with Gasteiger partial charge < -0.3 is 15.0 Å². The summed E-state index contributed by atoms with van der Waals surface area (Å²) < 4.78 is 19.1. The molecule has 0 radical (unpaired) electrons. The second-order valence-corrected chi connectivity index (χ2v) is 7.59. The van der Waals surface area contributed by atoms with E-state index in [0.29, 0.717) is 15.6 Å². The number of carbonyl (C=O) groups is 2. The summed E-state index contributed by atoms with van der Waals surface area (Å²) in [7, 11) is 0. The van der Waals surface area contributed by atoms with E-state index in [9.17, 15) is 14.0 Å². The minimum absolute atomic E-state index is 0.00462. The lowest BCUT2D eigenvalue weighted by molar-refractivity contribution is -0.142. The summed E-state index contributed by atoms with van der Waals surface area (Å²) in [6.07, 6.45) is 0. The number of carbonyl (C=O) groups excluding carboxylic acids is 2. The summed E-state index contributed by atoms with van der Waals surface area (Å²) in [5.41, 5.74) is 0.513. The van der Waals surface area contributed by atoms with E-state index in [2.05, 4.69) is 5.32 Å². The molecule has 0 spiro atoms. The van der Waals surface area contributed by atoms with Crippen LogP contribution in [0.3, 0.4) is 0 Å². The molecule has 0 saturated carbocycles. The van der Waals surface area contributed by atoms with E-state index in [4.69, 9.17) is 27.9 Å². The summed E-state index contributed by atoms with van der Waals surface area (Å²) in [6, 6.07) is 9.86. The van der Waals surface area contributed by atoms with Crippen LogP contribution < -0.4 is 10.1 Å². The monoisotopic (exact) mass is 440 g/mol. The average molecular weight is 441 g/mol. The van der Waals surface area contributed by atoms with Crippen molar-refractivity contribution in [2.24, 2.45) is 0 Å². The smallest absolute Gasteiger partial charge is 0.261 e. The molecule has 0 saturated heterocycles. The van der Waals surface area contributed by atoms with Gasteiger partial charge in [-0.05, 0) is 45.0 Å². The van der Waals surface area contributed by atoms with Crippen molar-refractivity contribution in [1.82, 2.24) is 10.2 Å². The molecule has 2 aromatic carbocycles. The SMILES string of the molecule is CC(C)NC(=O)C(C)N(Cc1c(Cl)cccc1Cl)C(=O)COc1ccccc1F. The standard InChI is InChI=1S/C21H23Cl2FN2O3/c1-13(2)25-21(28)14(3)26(11-15-16(22)7-6-8-17(15)23)20(27)12-29-19-10-5-4-9-18(19)24/h4-10,13-14H,11-12H2,1-3H3,(H,25,28). The molecule has 0 fully saturated rings. The number of halogens is 3. The molecule has 2 aromatic rings. The summed E-state index contributed by atoms with van der Waals surface area (Å²) >= 11 is 12.5. The molecule has 1 N–H and O–H groups in total. The summed E-state index contributed by atoms with van der Waals surface area (Å²) in [5, 5.41) is 3.53. The molecule has 8 heteroatoms. The Kier molecular flexibility index (Phi) is 8.29. The molecule has 0 bridgehead atoms. The zero-order chi connectivity index (χ0) is 21.6. The first-order valence-electron chi connectivity index (χ1n) is 9.10. The van der Waals surface area contributed by atoms with Crippen molar-refractivity contribution in [3.63, 3.8) is 0 Å². The number of hydrogen-bond donors (Lipinski definition) is 1. The van der Waals surface area contributed by atoms with Crippen LogP contribution in [0.15, 0.2) is 42.5 Å². The van der Waals surface area contributed by atoms with Gasteiger partial charge >= 0.3 is 0 Å². The molecule has 0 aliphatic heterocycles. The summed E-state index contributed by atoms with van der Waals surface area (Å²) in [4.78, 5) is 26.7. The lowest BCUT2D eigenvalue weighted by atomic mass is 10.1. The van der Waals surface area contributed by atoms with Gasteiger partial charge in [0.2, 0.25) is 5.91 Å². The Hall–Kier alpha value is -2.31. The van der Waals surface area contributed by atoms with Gasteiger partial charge in [0.05, 0.1) is 0 Å². The van der Waals surface area contributed by atoms with E-state index in [0.717, 1.165) is 0 Å². The molecule has 156 valence electrons. The molecule has 29 heavy (non-hydrogen) atoms. The fraction of sp³-hybridized carbons (Fsp3) is 0.333. The summed E-state index contributed by atoms with van der Waals surface area (Å²) in [5.74, 6) is -1.46. The van der Waals surface area contributed by atoms with E-state index in [1.54, 1.807) is 31.2 Å². The minimum atomic E-state index is -0.818. The highest BCUT2D eigenvalue weighted by atomic mass is 35.5. The maximum Gasteiger partial charge on any atom is 0.261 e. The van der Waals surface area contributed by atoms with Gasteiger partial charge in [-0.15, -0.1) is 0 Å². The van der Waals surface area contributed by atoms with Crippen molar-refractivity contribution in [2.75, 3.05) is 6.61 Å². The topological polar surface area (TPSA) is 58.6 Å². The average Bonchev–Trinajstić information content (AvgIpc) is 2.66. The number of ether oxygens (including phenoxy) is 1. The van der Waals surface area contributed by atoms with Crippen molar-refractivity contribution < 1.29 is 18.7 Å². The van der Waals surface area contributed by atoms with E-state index in [-0.39, 0.29) is 24.2 Å². The second kappa shape index (κ2) is 10.5. The number of rotatable bonds is 8. The Morgan fingerprint density at radius 1 is 1.07 bits per heavy atom. The van der Waals surface area contributed by atoms with E-state index in [1.807, 2.05) is 13.8 Å². The molecule has 1 atom stereocenters. The lowest BCUT2D eigenvalue weighted by Crippen LogP contribution is -2.50. The number of nitrogens with one attached hydrogen (secondary N) is 1. The molecule has 5 nitrogen and oxygen atoms in total. The van der Waals surface area contributed by atoms with E-state index < -0.39 is 24.4 Å². The Morgan fingerprint density at radius 3 is 2.28 bits per heavy atom. The fourth-order valence-electron chi connectivity index (χ4n) is 2.63. The zero-order valence-corrected chi connectivity index (χ0v) is 17.9. The molecular weight excluding hydrogens is 418 g/mol. The molecular formula is C21H23Cl2FN2O3. The van der Waals surface area contributed by atoms with Crippen molar-refractivity contribution >= 4 is 35.0 Å². The van der Waals surface area contributed by atoms with Crippen LogP contribution >= 0.6 is 23.2 Å². The maximum atomic E-state index is 13.8. The van der Waals surface area contributed by atoms with Gasteiger partial charge in [0.25, 0.3) is 5.91 Å². The number of para-hydroxylation sites is 1. The third-order valence-corrected chi connectivity index (χ3v) is 4.88. The first-order chi connectivity index (χ1) is 13.7. The third-order valence-electron chi connectivity index (χ3n) is 4.18. The van der Waals surface area contributed by atoms with Gasteiger partial charge in [-0.1, -0.05) is 41.4 Å². The number of benzene rings is 2. The van der Waals surface area contributed by atoms with Crippen LogP contribution in [-0.4, -0.2) is 35.4 Å². The highest BCUT2D eigenvalue weighted by molar-refractivity contribution is 6.36. The molecule has 2 rings (SSSR count). The Morgan fingerprint density at radius 2 is 1.69 bits per heavy atom. The van der Waals surface area contributed by atoms with Gasteiger partial charge in [0.1, 0.15) is 6.04 Å². The zero-order valence-electron chi connectivity index (χ0n) is 16.4. The quantitative estimate of drug-likeness (QED) is 0.659. The van der Waals surface area contributed by atoms with Crippen LogP contribution in [0.5, 0.6) is 5.75 Å². The van der Waals surface area contributed by atoms with Gasteiger partial charge in [-0.3, -0.25) is 9.59 Å². The number of hydrogen-bond acceptors (Lipinski definition) is 3. The third kappa shape index (κ3) is 6.34. The molecule has 0 aliphatic carbocycles. The molecule has 0 aliphatic rings. The van der Waals surface area contributed by atoms with Gasteiger partial charge in [-0.2, -0.15) is 0 Å². The predicted octanol–water partition coefficient (Wildman–Crippen LogP) is 4.45. The largest absolute Gasteiger partial charge is 0.481 e. The number of nitrogens with zero attached hydrogens (tertiary/aromatic N) is 1. The lowest BCUT2D eigenvalue weighted by Gasteiger charge is -2.30. The van der Waals surface area contributed by atoms with Crippen LogP contribution in [0.25, 0.3) is 0 Å². The van der Waals surface area contributed by atoms with Crippen molar-refractivity contribution in [3.8, 4) is 5.75 Å². The Labute approximate surface area is 179 Å². The second-order valence-electron chi connectivity index (χ2n) is 6.78. The van der Waals surface area contributed by atoms with Crippen molar-refractivity contribution in [3.05, 3.63) is 63.9 Å². The van der Waals surface area contributed by atoms with Crippen molar-refractivity contribution in [1.29, 1.82) is 0 Å². The van der Waals surface area contributed by atoms with Gasteiger partial charge in [0.15, 0.2) is 18.2 Å². The van der Waals surface area contributed by atoms with Crippen molar-refractivity contribution in [2.45, 2.75) is 39.4 Å². The number of amides is 2. The Bertz CT molecular complexity index is 857. The molecule has 2 amide bonds. The molecule has 1 unspecified atom stereocenters.